The van der Waals surface area contributed by atoms with Crippen LogP contribution in [0.2, 0.25) is 0 Å². The average Bonchev–Trinajstić information content (AvgIpc) is 3.26. The Labute approximate surface area is 171 Å². The number of nitrogens with zero attached hydrogens (tertiary/aromatic N) is 5. The van der Waals surface area contributed by atoms with Crippen molar-refractivity contribution in [1.29, 1.82) is 0 Å². The minimum Gasteiger partial charge on any atom is -0.265 e. The molecular formula is C22H18F3N5. The van der Waals surface area contributed by atoms with Crippen molar-refractivity contribution in [3.8, 4) is 17.1 Å². The van der Waals surface area contributed by atoms with Crippen molar-refractivity contribution in [2.24, 2.45) is 0 Å². The van der Waals surface area contributed by atoms with Crippen LogP contribution < -0.4 is 0 Å². The van der Waals surface area contributed by atoms with Crippen LogP contribution in [0, 0.1) is 0 Å². The fraction of sp³-hybridized carbons (Fsp3) is 0.182. The smallest absolute Gasteiger partial charge is 0.265 e. The number of hydrogen-bond donors (Lipinski definition) is 0. The van der Waals surface area contributed by atoms with Crippen molar-refractivity contribution in [3.05, 3.63) is 90.3 Å². The van der Waals surface area contributed by atoms with E-state index in [1.54, 1.807) is 24.5 Å². The van der Waals surface area contributed by atoms with Crippen LogP contribution in [0.25, 0.3) is 17.1 Å². The number of rotatable bonds is 4. The average molecular weight is 409 g/mol. The third-order valence-corrected chi connectivity index (χ3v) is 4.85. The minimum absolute atomic E-state index is 0.307. The molecule has 0 aliphatic heterocycles. The van der Waals surface area contributed by atoms with Gasteiger partial charge in [0.1, 0.15) is 0 Å². The van der Waals surface area contributed by atoms with Crippen LogP contribution in [0.3, 0.4) is 0 Å². The highest BCUT2D eigenvalue weighted by atomic mass is 19.4. The van der Waals surface area contributed by atoms with Crippen molar-refractivity contribution in [1.82, 2.24) is 24.7 Å². The second kappa shape index (κ2) is 7.37. The Hall–Kier alpha value is -3.55. The van der Waals surface area contributed by atoms with Crippen molar-refractivity contribution in [3.63, 3.8) is 0 Å². The molecule has 0 spiro atoms. The van der Waals surface area contributed by atoms with Gasteiger partial charge in [0.25, 0.3) is 0 Å². The van der Waals surface area contributed by atoms with Gasteiger partial charge >= 0.3 is 6.18 Å². The van der Waals surface area contributed by atoms with Gasteiger partial charge in [0.05, 0.1) is 17.1 Å². The molecule has 0 bridgehead atoms. The summed E-state index contributed by atoms with van der Waals surface area (Å²) < 4.78 is 39.8. The third kappa shape index (κ3) is 3.80. The predicted octanol–water partition coefficient (Wildman–Crippen LogP) is 5.07. The fourth-order valence-electron chi connectivity index (χ4n) is 3.10. The molecule has 0 aromatic carbocycles. The van der Waals surface area contributed by atoms with Gasteiger partial charge in [-0.15, -0.1) is 0 Å². The van der Waals surface area contributed by atoms with Gasteiger partial charge in [0.15, 0.2) is 11.5 Å². The predicted molar refractivity (Wildman–Crippen MR) is 106 cm³/mol. The quantitative estimate of drug-likeness (QED) is 0.472. The van der Waals surface area contributed by atoms with E-state index in [1.807, 2.05) is 50.2 Å². The van der Waals surface area contributed by atoms with E-state index in [0.717, 1.165) is 27.7 Å². The summed E-state index contributed by atoms with van der Waals surface area (Å²) in [4.78, 5) is 13.4. The highest BCUT2D eigenvalue weighted by molar-refractivity contribution is 5.58. The van der Waals surface area contributed by atoms with E-state index in [2.05, 4.69) is 15.1 Å². The first-order chi connectivity index (χ1) is 14.2. The van der Waals surface area contributed by atoms with Gasteiger partial charge in [-0.25, -0.2) is 9.67 Å². The van der Waals surface area contributed by atoms with Crippen LogP contribution in [0.4, 0.5) is 13.2 Å². The summed E-state index contributed by atoms with van der Waals surface area (Å²) in [6, 6.07) is 15.6. The van der Waals surface area contributed by atoms with Gasteiger partial charge in [0.2, 0.25) is 0 Å². The molecule has 0 unspecified atom stereocenters. The van der Waals surface area contributed by atoms with Crippen molar-refractivity contribution in [2.45, 2.75) is 25.4 Å². The van der Waals surface area contributed by atoms with Gasteiger partial charge in [-0.05, 0) is 56.3 Å². The van der Waals surface area contributed by atoms with Gasteiger partial charge in [0, 0.05) is 29.6 Å². The molecule has 4 rings (SSSR count). The molecule has 4 heterocycles. The Morgan fingerprint density at radius 2 is 1.43 bits per heavy atom. The van der Waals surface area contributed by atoms with E-state index in [1.165, 1.54) is 6.20 Å². The number of alkyl halides is 3. The maximum Gasteiger partial charge on any atom is 0.435 e. The van der Waals surface area contributed by atoms with Crippen LogP contribution in [0.1, 0.15) is 30.9 Å². The first kappa shape index (κ1) is 19.8. The molecule has 0 amide bonds. The summed E-state index contributed by atoms with van der Waals surface area (Å²) in [6.45, 7) is 3.95. The fourth-order valence-corrected chi connectivity index (χ4v) is 3.10. The van der Waals surface area contributed by atoms with Crippen LogP contribution >= 0.6 is 0 Å². The summed E-state index contributed by atoms with van der Waals surface area (Å²) in [5.41, 5.74) is 1.67. The molecule has 30 heavy (non-hydrogen) atoms. The molecule has 152 valence electrons. The number of pyridine rings is 3. The second-order valence-corrected chi connectivity index (χ2v) is 7.29. The second-order valence-electron chi connectivity index (χ2n) is 7.29. The Kier molecular flexibility index (Phi) is 4.85. The normalized spacial score (nSPS) is 12.2. The summed E-state index contributed by atoms with van der Waals surface area (Å²) in [6.07, 6.45) is 0.169. The summed E-state index contributed by atoms with van der Waals surface area (Å²) in [5.74, 6) is 0.307. The molecule has 4 aromatic heterocycles. The topological polar surface area (TPSA) is 56.5 Å². The molecule has 0 radical (unpaired) electrons. The van der Waals surface area contributed by atoms with Gasteiger partial charge in [-0.2, -0.15) is 18.3 Å². The molecule has 4 aromatic rings. The summed E-state index contributed by atoms with van der Waals surface area (Å²) in [5, 5.41) is 3.61. The Balaban J connectivity index is 1.70. The van der Waals surface area contributed by atoms with Crippen molar-refractivity contribution < 1.29 is 13.2 Å². The first-order valence-electron chi connectivity index (χ1n) is 9.24. The van der Waals surface area contributed by atoms with E-state index < -0.39 is 17.3 Å². The molecule has 5 nitrogen and oxygen atoms in total. The van der Waals surface area contributed by atoms with Gasteiger partial charge in [-0.1, -0.05) is 12.1 Å². The molecule has 0 atom stereocenters. The monoisotopic (exact) mass is 409 g/mol. The highest BCUT2D eigenvalue weighted by Gasteiger charge is 2.34. The zero-order chi connectivity index (χ0) is 21.4. The Morgan fingerprint density at radius 3 is 2.10 bits per heavy atom. The van der Waals surface area contributed by atoms with Crippen LogP contribution in [-0.4, -0.2) is 24.7 Å². The molecule has 0 fully saturated rings. The SMILES string of the molecule is CC(C)(c1cccc(-c2ccncc2)n1)c1cccc(-n2ccc(C(F)(F)F)n2)n1. The number of hydrogen-bond acceptors (Lipinski definition) is 4. The minimum atomic E-state index is -4.50. The maximum absolute atomic E-state index is 12.9. The third-order valence-electron chi connectivity index (χ3n) is 4.85. The lowest BCUT2D eigenvalue weighted by atomic mass is 9.84. The van der Waals surface area contributed by atoms with Crippen molar-refractivity contribution >= 4 is 0 Å². The van der Waals surface area contributed by atoms with E-state index in [-0.39, 0.29) is 0 Å². The largest absolute Gasteiger partial charge is 0.435 e. The van der Waals surface area contributed by atoms with E-state index in [9.17, 15) is 13.2 Å². The molecule has 8 heteroatoms. The summed E-state index contributed by atoms with van der Waals surface area (Å²) in [7, 11) is 0. The van der Waals surface area contributed by atoms with E-state index >= 15 is 0 Å². The van der Waals surface area contributed by atoms with Crippen molar-refractivity contribution in [2.75, 3.05) is 0 Å². The zero-order valence-corrected chi connectivity index (χ0v) is 16.3. The lowest BCUT2D eigenvalue weighted by Crippen LogP contribution is -2.23. The molecule has 0 N–H and O–H groups in total. The van der Waals surface area contributed by atoms with E-state index in [4.69, 9.17) is 4.98 Å². The molecule has 0 saturated carbocycles. The van der Waals surface area contributed by atoms with Crippen LogP contribution in [0.5, 0.6) is 0 Å². The highest BCUT2D eigenvalue weighted by Crippen LogP contribution is 2.31. The molecule has 0 aliphatic rings. The van der Waals surface area contributed by atoms with Crippen LogP contribution in [0.15, 0.2) is 73.2 Å². The Morgan fingerprint density at radius 1 is 0.767 bits per heavy atom. The lowest BCUT2D eigenvalue weighted by Gasteiger charge is -2.24. The lowest BCUT2D eigenvalue weighted by molar-refractivity contribution is -0.141. The summed E-state index contributed by atoms with van der Waals surface area (Å²) >= 11 is 0. The molecular weight excluding hydrogens is 391 g/mol. The number of halogens is 3. The first-order valence-corrected chi connectivity index (χ1v) is 9.24. The van der Waals surface area contributed by atoms with Gasteiger partial charge < -0.3 is 0 Å². The molecule has 0 saturated heterocycles. The standard InChI is InChI=1S/C22H18F3N5/c1-21(2,17-6-3-5-16(27-17)15-9-12-26-13-10-15)18-7-4-8-20(28-18)30-14-11-19(29-30)22(23,24)25/h3-14H,1-2H3. The number of aromatic nitrogens is 5. The molecule has 0 aliphatic carbocycles. The Bertz CT molecular complexity index is 1170. The van der Waals surface area contributed by atoms with Gasteiger partial charge in [-0.3, -0.25) is 9.97 Å². The van der Waals surface area contributed by atoms with E-state index in [0.29, 0.717) is 11.5 Å². The maximum atomic E-state index is 12.9. The van der Waals surface area contributed by atoms with Crippen LogP contribution in [-0.2, 0) is 11.6 Å². The zero-order valence-electron chi connectivity index (χ0n) is 16.3.